The normalized spacial score (nSPS) is 15.3. The van der Waals surface area contributed by atoms with E-state index in [1.54, 1.807) is 0 Å². The van der Waals surface area contributed by atoms with E-state index >= 15 is 0 Å². The Kier molecular flexibility index (Phi) is 2.72. The van der Waals surface area contributed by atoms with Crippen LogP contribution in [0.25, 0.3) is 0 Å². The van der Waals surface area contributed by atoms with E-state index in [0.29, 0.717) is 0 Å². The molecule has 0 radical (unpaired) electrons. The maximum absolute atomic E-state index is 4.40. The van der Waals surface area contributed by atoms with Crippen molar-refractivity contribution in [1.82, 2.24) is 15.5 Å². The van der Waals surface area contributed by atoms with Gasteiger partial charge < -0.3 is 10.2 Å². The molecule has 1 aliphatic heterocycles. The van der Waals surface area contributed by atoms with E-state index in [-0.39, 0.29) is 0 Å². The lowest BCUT2D eigenvalue weighted by Crippen LogP contribution is -2.27. The second kappa shape index (κ2) is 4.00. The van der Waals surface area contributed by atoms with Gasteiger partial charge in [0.2, 0.25) is 0 Å². The van der Waals surface area contributed by atoms with Gasteiger partial charge in [-0.2, -0.15) is 5.10 Å². The van der Waals surface area contributed by atoms with E-state index in [4.69, 9.17) is 0 Å². The lowest BCUT2D eigenvalue weighted by molar-refractivity contribution is 0.632. The quantitative estimate of drug-likeness (QED) is 0.751. The number of aromatic nitrogens is 2. The summed E-state index contributed by atoms with van der Waals surface area (Å²) in [5, 5.41) is 10.9. The van der Waals surface area contributed by atoms with Gasteiger partial charge in [0.05, 0.1) is 5.69 Å². The lowest BCUT2D eigenvalue weighted by Gasteiger charge is -2.21. The first-order valence-electron chi connectivity index (χ1n) is 5.38. The van der Waals surface area contributed by atoms with Crippen LogP contribution < -0.4 is 10.2 Å². The van der Waals surface area contributed by atoms with E-state index in [9.17, 15) is 0 Å². The smallest absolute Gasteiger partial charge is 0.153 e. The van der Waals surface area contributed by atoms with E-state index in [1.807, 2.05) is 0 Å². The van der Waals surface area contributed by atoms with E-state index in [1.165, 1.54) is 11.3 Å². The summed E-state index contributed by atoms with van der Waals surface area (Å²) in [5.41, 5.74) is 2.67. The van der Waals surface area contributed by atoms with Gasteiger partial charge >= 0.3 is 0 Å². The Morgan fingerprint density at radius 3 is 2.86 bits per heavy atom. The molecule has 78 valence electrons. The topological polar surface area (TPSA) is 44.0 Å². The molecule has 2 rings (SSSR count). The van der Waals surface area contributed by atoms with Crippen LogP contribution >= 0.6 is 0 Å². The molecule has 1 aromatic rings. The standard InChI is InChI=1S/C10H18N4/c1-3-14(4-2)10-8-5-6-11-7-9(8)12-13-10/h11H,3-7H2,1-2H3,(H,12,13). The summed E-state index contributed by atoms with van der Waals surface area (Å²) in [4.78, 5) is 2.31. The summed E-state index contributed by atoms with van der Waals surface area (Å²) in [5.74, 6) is 1.16. The first kappa shape index (κ1) is 9.52. The maximum Gasteiger partial charge on any atom is 0.153 e. The van der Waals surface area contributed by atoms with Crippen LogP contribution in [0.2, 0.25) is 0 Å². The van der Waals surface area contributed by atoms with Crippen molar-refractivity contribution in [2.75, 3.05) is 24.5 Å². The summed E-state index contributed by atoms with van der Waals surface area (Å²) in [6.07, 6.45) is 1.09. The molecular weight excluding hydrogens is 176 g/mol. The Balaban J connectivity index is 2.29. The number of fused-ring (bicyclic) bond motifs is 1. The van der Waals surface area contributed by atoms with Crippen molar-refractivity contribution in [2.45, 2.75) is 26.8 Å². The molecule has 1 aliphatic rings. The molecule has 4 heteroatoms. The van der Waals surface area contributed by atoms with Crippen molar-refractivity contribution in [2.24, 2.45) is 0 Å². The summed E-state index contributed by atoms with van der Waals surface area (Å²) in [6, 6.07) is 0. The molecule has 0 aliphatic carbocycles. The molecule has 0 bridgehead atoms. The van der Waals surface area contributed by atoms with Gasteiger partial charge in [0.25, 0.3) is 0 Å². The number of H-pyrrole nitrogens is 1. The molecule has 0 fully saturated rings. The minimum Gasteiger partial charge on any atom is -0.355 e. The predicted molar refractivity (Wildman–Crippen MR) is 57.6 cm³/mol. The van der Waals surface area contributed by atoms with Crippen molar-refractivity contribution in [3.63, 3.8) is 0 Å². The van der Waals surface area contributed by atoms with Gasteiger partial charge in [-0.05, 0) is 26.8 Å². The first-order chi connectivity index (χ1) is 6.86. The number of aromatic amines is 1. The number of rotatable bonds is 3. The van der Waals surface area contributed by atoms with Crippen molar-refractivity contribution in [3.8, 4) is 0 Å². The van der Waals surface area contributed by atoms with E-state index in [0.717, 1.165) is 38.4 Å². The van der Waals surface area contributed by atoms with Crippen LogP contribution in [0.1, 0.15) is 25.1 Å². The average molecular weight is 194 g/mol. The fraction of sp³-hybridized carbons (Fsp3) is 0.700. The highest BCUT2D eigenvalue weighted by atomic mass is 15.3. The number of nitrogens with one attached hydrogen (secondary N) is 2. The predicted octanol–water partition coefficient (Wildman–Crippen LogP) is 0.902. The third-order valence-corrected chi connectivity index (χ3v) is 2.85. The number of anilines is 1. The minimum absolute atomic E-state index is 0.934. The molecule has 0 aromatic carbocycles. The summed E-state index contributed by atoms with van der Waals surface area (Å²) in [6.45, 7) is 8.41. The summed E-state index contributed by atoms with van der Waals surface area (Å²) in [7, 11) is 0. The maximum atomic E-state index is 4.40. The van der Waals surface area contributed by atoms with Gasteiger partial charge in [0, 0.05) is 25.2 Å². The molecule has 1 aromatic heterocycles. The van der Waals surface area contributed by atoms with Gasteiger partial charge in [0.15, 0.2) is 5.82 Å². The van der Waals surface area contributed by atoms with Gasteiger partial charge in [-0.1, -0.05) is 0 Å². The van der Waals surface area contributed by atoms with Gasteiger partial charge in [-0.15, -0.1) is 0 Å². The fourth-order valence-corrected chi connectivity index (χ4v) is 2.01. The highest BCUT2D eigenvalue weighted by molar-refractivity contribution is 5.49. The van der Waals surface area contributed by atoms with Gasteiger partial charge in [-0.25, -0.2) is 0 Å². The molecule has 0 saturated heterocycles. The highest BCUT2D eigenvalue weighted by Crippen LogP contribution is 2.23. The Morgan fingerprint density at radius 2 is 2.14 bits per heavy atom. The SMILES string of the molecule is CCN(CC)c1n[nH]c2c1CCNC2. The van der Waals surface area contributed by atoms with Gasteiger partial charge in [0.1, 0.15) is 0 Å². The van der Waals surface area contributed by atoms with Crippen LogP contribution in [0, 0.1) is 0 Å². The van der Waals surface area contributed by atoms with E-state index < -0.39 is 0 Å². The Bertz CT molecular complexity index is 301. The zero-order valence-electron chi connectivity index (χ0n) is 8.93. The number of hydrogen-bond acceptors (Lipinski definition) is 3. The Labute approximate surface area is 84.7 Å². The third-order valence-electron chi connectivity index (χ3n) is 2.85. The van der Waals surface area contributed by atoms with Crippen LogP contribution in [-0.4, -0.2) is 29.8 Å². The molecule has 0 saturated carbocycles. The number of nitrogens with zero attached hydrogens (tertiary/aromatic N) is 2. The van der Waals surface area contributed by atoms with Crippen molar-refractivity contribution < 1.29 is 0 Å². The lowest BCUT2D eigenvalue weighted by atomic mass is 10.1. The second-order valence-corrected chi connectivity index (χ2v) is 3.60. The third kappa shape index (κ3) is 1.50. The molecule has 0 spiro atoms. The molecule has 0 atom stereocenters. The molecule has 14 heavy (non-hydrogen) atoms. The Morgan fingerprint density at radius 1 is 1.36 bits per heavy atom. The first-order valence-corrected chi connectivity index (χ1v) is 5.38. The fourth-order valence-electron chi connectivity index (χ4n) is 2.01. The zero-order chi connectivity index (χ0) is 9.97. The van der Waals surface area contributed by atoms with E-state index in [2.05, 4.69) is 34.3 Å². The van der Waals surface area contributed by atoms with Crippen LogP contribution in [0.15, 0.2) is 0 Å². The second-order valence-electron chi connectivity index (χ2n) is 3.60. The highest BCUT2D eigenvalue weighted by Gasteiger charge is 2.18. The molecule has 4 nitrogen and oxygen atoms in total. The minimum atomic E-state index is 0.934. The largest absolute Gasteiger partial charge is 0.355 e. The molecule has 0 amide bonds. The van der Waals surface area contributed by atoms with Crippen LogP contribution in [0.4, 0.5) is 5.82 Å². The zero-order valence-corrected chi connectivity index (χ0v) is 8.93. The van der Waals surface area contributed by atoms with Gasteiger partial charge in [-0.3, -0.25) is 5.10 Å². The molecule has 0 unspecified atom stereocenters. The van der Waals surface area contributed by atoms with Crippen molar-refractivity contribution in [3.05, 3.63) is 11.3 Å². The van der Waals surface area contributed by atoms with Crippen molar-refractivity contribution in [1.29, 1.82) is 0 Å². The molecule has 2 heterocycles. The molecule has 2 N–H and O–H groups in total. The van der Waals surface area contributed by atoms with Crippen molar-refractivity contribution >= 4 is 5.82 Å². The monoisotopic (exact) mass is 194 g/mol. The van der Waals surface area contributed by atoms with Crippen LogP contribution in [-0.2, 0) is 13.0 Å². The summed E-state index contributed by atoms with van der Waals surface area (Å²) >= 11 is 0. The summed E-state index contributed by atoms with van der Waals surface area (Å²) < 4.78 is 0. The average Bonchev–Trinajstić information content (AvgIpc) is 2.65. The van der Waals surface area contributed by atoms with Crippen LogP contribution in [0.5, 0.6) is 0 Å². The Hall–Kier alpha value is -1.03. The number of hydrogen-bond donors (Lipinski definition) is 2. The molecular formula is C10H18N4. The van der Waals surface area contributed by atoms with Crippen LogP contribution in [0.3, 0.4) is 0 Å².